The first-order valence-corrected chi connectivity index (χ1v) is 5.12. The zero-order valence-corrected chi connectivity index (χ0v) is 10.2. The highest BCUT2D eigenvalue weighted by Gasteiger charge is 2.15. The van der Waals surface area contributed by atoms with Gasteiger partial charge in [0.05, 0.1) is 5.56 Å². The minimum absolute atomic E-state index is 0.0247. The van der Waals surface area contributed by atoms with E-state index in [0.29, 0.717) is 0 Å². The van der Waals surface area contributed by atoms with Crippen molar-refractivity contribution in [1.29, 1.82) is 0 Å². The van der Waals surface area contributed by atoms with E-state index in [1.807, 2.05) is 0 Å². The van der Waals surface area contributed by atoms with Crippen LogP contribution in [0.3, 0.4) is 0 Å². The van der Waals surface area contributed by atoms with Gasteiger partial charge >= 0.3 is 10.9 Å². The minimum atomic E-state index is -1.13. The lowest BCUT2D eigenvalue weighted by atomic mass is 10.2. The third-order valence-corrected chi connectivity index (χ3v) is 1.91. The van der Waals surface area contributed by atoms with Crippen LogP contribution < -0.4 is 9.47 Å². The zero-order valence-electron chi connectivity index (χ0n) is 7.91. The average molecular weight is 297 g/mol. The molecular weight excluding hydrogens is 294 g/mol. The first-order valence-electron chi connectivity index (χ1n) is 3.98. The Morgan fingerprint density at radius 2 is 1.53 bits per heavy atom. The molecule has 1 aromatic carbocycles. The molecule has 0 atom stereocenters. The monoisotopic (exact) mass is 296 g/mol. The number of carbonyl (C=O) groups is 3. The molecule has 90 valence electrons. The number of halogens is 3. The Morgan fingerprint density at radius 1 is 0.941 bits per heavy atom. The number of hydrogen-bond acceptors (Lipinski definition) is 5. The van der Waals surface area contributed by atoms with Crippen molar-refractivity contribution in [3.05, 3.63) is 23.8 Å². The van der Waals surface area contributed by atoms with E-state index in [-0.39, 0.29) is 17.1 Å². The van der Waals surface area contributed by atoms with Crippen LogP contribution in [0, 0.1) is 0 Å². The van der Waals surface area contributed by atoms with E-state index < -0.39 is 16.1 Å². The summed E-state index contributed by atoms with van der Waals surface area (Å²) in [6.45, 7) is 0. The third-order valence-electron chi connectivity index (χ3n) is 1.55. The molecule has 0 aromatic heterocycles. The van der Waals surface area contributed by atoms with Gasteiger partial charge in [0.1, 0.15) is 11.5 Å². The minimum Gasteiger partial charge on any atom is -0.414 e. The van der Waals surface area contributed by atoms with Gasteiger partial charge in [-0.25, -0.2) is 9.59 Å². The summed E-state index contributed by atoms with van der Waals surface area (Å²) in [5.41, 5.74) is -2.40. The van der Waals surface area contributed by atoms with E-state index in [9.17, 15) is 14.4 Å². The van der Waals surface area contributed by atoms with Gasteiger partial charge in [-0.3, -0.25) is 4.79 Å². The topological polar surface area (TPSA) is 69.7 Å². The molecular formula is C9H3Cl3O5. The quantitative estimate of drug-likeness (QED) is 0.798. The second kappa shape index (κ2) is 5.86. The van der Waals surface area contributed by atoms with Crippen LogP contribution in [-0.4, -0.2) is 16.1 Å². The van der Waals surface area contributed by atoms with Crippen molar-refractivity contribution in [2.75, 3.05) is 0 Å². The Hall–Kier alpha value is -1.30. The fourth-order valence-corrected chi connectivity index (χ4v) is 1.31. The first kappa shape index (κ1) is 13.8. The maximum Gasteiger partial charge on any atom is 0.409 e. The predicted molar refractivity (Wildman–Crippen MR) is 60.4 cm³/mol. The normalized spacial score (nSPS) is 9.59. The molecule has 1 rings (SSSR count). The van der Waals surface area contributed by atoms with E-state index in [2.05, 4.69) is 9.47 Å². The van der Waals surface area contributed by atoms with Crippen LogP contribution >= 0.6 is 34.8 Å². The molecule has 0 bridgehead atoms. The van der Waals surface area contributed by atoms with Crippen LogP contribution in [0.2, 0.25) is 0 Å². The fourth-order valence-electron chi connectivity index (χ4n) is 0.994. The van der Waals surface area contributed by atoms with Gasteiger partial charge in [0.2, 0.25) is 0 Å². The predicted octanol–water partition coefficient (Wildman–Crippen LogP) is 3.54. The molecule has 0 fully saturated rings. The zero-order chi connectivity index (χ0) is 13.0. The molecule has 1 aromatic rings. The lowest BCUT2D eigenvalue weighted by Crippen LogP contribution is -2.03. The maximum absolute atomic E-state index is 11.0. The van der Waals surface area contributed by atoms with Crippen molar-refractivity contribution in [1.82, 2.24) is 0 Å². The van der Waals surface area contributed by atoms with Gasteiger partial charge in [-0.2, -0.15) is 0 Å². The SMILES string of the molecule is O=C(Cl)Oc1ccc(OC(=O)Cl)c(C(=O)Cl)c1. The molecule has 0 heterocycles. The number of carbonyl (C=O) groups excluding carboxylic acids is 3. The molecule has 17 heavy (non-hydrogen) atoms. The molecule has 0 N–H and O–H groups in total. The molecule has 0 aliphatic rings. The summed E-state index contributed by atoms with van der Waals surface area (Å²) in [5.74, 6) is -0.178. The van der Waals surface area contributed by atoms with Crippen LogP contribution in [0.25, 0.3) is 0 Å². The van der Waals surface area contributed by atoms with Gasteiger partial charge in [-0.15, -0.1) is 0 Å². The van der Waals surface area contributed by atoms with Crippen molar-refractivity contribution >= 4 is 50.9 Å². The lowest BCUT2D eigenvalue weighted by molar-refractivity contribution is 0.107. The highest BCUT2D eigenvalue weighted by Crippen LogP contribution is 2.26. The third kappa shape index (κ3) is 4.22. The highest BCUT2D eigenvalue weighted by atomic mass is 35.5. The molecule has 0 saturated heterocycles. The van der Waals surface area contributed by atoms with Gasteiger partial charge in [0, 0.05) is 23.2 Å². The molecule has 0 unspecified atom stereocenters. The molecule has 5 nitrogen and oxygen atoms in total. The van der Waals surface area contributed by atoms with E-state index in [1.165, 1.54) is 12.1 Å². The van der Waals surface area contributed by atoms with Crippen molar-refractivity contribution in [2.45, 2.75) is 0 Å². The Morgan fingerprint density at radius 3 is 2.00 bits per heavy atom. The van der Waals surface area contributed by atoms with E-state index in [4.69, 9.17) is 34.8 Å². The number of ether oxygens (including phenoxy) is 2. The second-order valence-electron chi connectivity index (χ2n) is 2.61. The molecule has 0 spiro atoms. The Balaban J connectivity index is 3.12. The molecule has 0 saturated carbocycles. The van der Waals surface area contributed by atoms with E-state index in [0.717, 1.165) is 6.07 Å². The summed E-state index contributed by atoms with van der Waals surface area (Å²) < 4.78 is 9.02. The molecule has 0 amide bonds. The number of rotatable bonds is 3. The van der Waals surface area contributed by atoms with E-state index >= 15 is 0 Å². The number of benzene rings is 1. The van der Waals surface area contributed by atoms with Gasteiger partial charge < -0.3 is 9.47 Å². The molecule has 0 radical (unpaired) electrons. The van der Waals surface area contributed by atoms with Gasteiger partial charge in [0.15, 0.2) is 0 Å². The molecule has 0 aliphatic carbocycles. The molecule has 8 heteroatoms. The Labute approximate surface area is 110 Å². The second-order valence-corrected chi connectivity index (χ2v) is 3.57. The summed E-state index contributed by atoms with van der Waals surface area (Å²) in [6, 6.07) is 3.52. The highest BCUT2D eigenvalue weighted by molar-refractivity contribution is 6.68. The lowest BCUT2D eigenvalue weighted by Gasteiger charge is -2.06. The smallest absolute Gasteiger partial charge is 0.409 e. The van der Waals surface area contributed by atoms with Crippen molar-refractivity contribution in [3.8, 4) is 11.5 Å². The van der Waals surface area contributed by atoms with Crippen LogP contribution in [0.5, 0.6) is 11.5 Å². The van der Waals surface area contributed by atoms with Crippen LogP contribution in [0.1, 0.15) is 10.4 Å². The average Bonchev–Trinajstić information content (AvgIpc) is 2.18. The van der Waals surface area contributed by atoms with Gasteiger partial charge in [0.25, 0.3) is 5.24 Å². The van der Waals surface area contributed by atoms with Crippen molar-refractivity contribution < 1.29 is 23.9 Å². The van der Waals surface area contributed by atoms with Crippen molar-refractivity contribution in [3.63, 3.8) is 0 Å². The van der Waals surface area contributed by atoms with Gasteiger partial charge in [-0.1, -0.05) is 0 Å². The largest absolute Gasteiger partial charge is 0.414 e. The van der Waals surface area contributed by atoms with Crippen LogP contribution in [-0.2, 0) is 0 Å². The number of hydrogen-bond donors (Lipinski definition) is 0. The summed E-state index contributed by atoms with van der Waals surface area (Å²) in [5, 5.41) is -0.912. The fraction of sp³-hybridized carbons (Fsp3) is 0. The summed E-state index contributed by atoms with van der Waals surface area (Å²) >= 11 is 15.2. The summed E-state index contributed by atoms with van der Waals surface area (Å²) in [6.07, 6.45) is 0. The Bertz CT molecular complexity index is 486. The van der Waals surface area contributed by atoms with Crippen LogP contribution in [0.4, 0.5) is 9.59 Å². The van der Waals surface area contributed by atoms with Crippen molar-refractivity contribution in [2.24, 2.45) is 0 Å². The standard InChI is InChI=1S/C9H3Cl3O5/c10-7(13)5-3-4(16-8(11)14)1-2-6(5)17-9(12)15/h1-3H. The molecule has 0 aliphatic heterocycles. The Kier molecular flexibility index (Phi) is 4.74. The van der Waals surface area contributed by atoms with Gasteiger partial charge in [-0.05, 0) is 29.8 Å². The van der Waals surface area contributed by atoms with E-state index in [1.54, 1.807) is 0 Å². The maximum atomic E-state index is 11.0. The summed E-state index contributed by atoms with van der Waals surface area (Å²) in [7, 11) is 0. The van der Waals surface area contributed by atoms with Crippen LogP contribution in [0.15, 0.2) is 18.2 Å². The summed E-state index contributed by atoms with van der Waals surface area (Å²) in [4.78, 5) is 32.1. The first-order chi connectivity index (χ1) is 7.90.